The zero-order valence-corrected chi connectivity index (χ0v) is 15.2. The highest BCUT2D eigenvalue weighted by molar-refractivity contribution is 5.94. The quantitative estimate of drug-likeness (QED) is 0.738. The van der Waals surface area contributed by atoms with Crippen molar-refractivity contribution >= 4 is 17.7 Å². The molecule has 5 nitrogen and oxygen atoms in total. The van der Waals surface area contributed by atoms with E-state index in [0.717, 1.165) is 32.3 Å². The predicted molar refractivity (Wildman–Crippen MR) is 93.0 cm³/mol. The van der Waals surface area contributed by atoms with Gasteiger partial charge in [0.1, 0.15) is 5.69 Å². The molecule has 156 valence electrons. The summed E-state index contributed by atoms with van der Waals surface area (Å²) in [6.07, 6.45) is -7.15. The topological polar surface area (TPSA) is 72.9 Å². The number of nitrogens with two attached hydrogens (primary N) is 1. The van der Waals surface area contributed by atoms with E-state index in [4.69, 9.17) is 5.73 Å². The molecule has 0 saturated carbocycles. The number of primary amides is 1. The Bertz CT molecular complexity index is 991. The molecule has 2 aromatic rings. The first-order valence-electron chi connectivity index (χ1n) is 8.35. The van der Waals surface area contributed by atoms with E-state index in [0.29, 0.717) is 4.68 Å². The molecule has 0 spiro atoms. The third kappa shape index (κ3) is 3.34. The van der Waals surface area contributed by atoms with Gasteiger partial charge in [0.15, 0.2) is 5.54 Å². The van der Waals surface area contributed by atoms with Gasteiger partial charge < -0.3 is 11.1 Å². The molecule has 29 heavy (non-hydrogen) atoms. The minimum Gasteiger partial charge on any atom is -0.367 e. The Morgan fingerprint density at radius 2 is 1.90 bits per heavy atom. The fourth-order valence-corrected chi connectivity index (χ4v) is 3.48. The smallest absolute Gasteiger partial charge is 0.367 e. The number of aromatic nitrogens is 2. The molecular weight excluding hydrogens is 402 g/mol. The summed E-state index contributed by atoms with van der Waals surface area (Å²) in [7, 11) is 1.02. The number of halogens is 6. The minimum atomic E-state index is -4.94. The zero-order valence-electron chi connectivity index (χ0n) is 15.2. The van der Waals surface area contributed by atoms with Crippen LogP contribution in [0, 0.1) is 0 Å². The van der Waals surface area contributed by atoms with E-state index in [9.17, 15) is 31.1 Å². The number of nitrogens with one attached hydrogen (secondary N) is 1. The number of rotatable bonds is 3. The molecule has 0 bridgehead atoms. The van der Waals surface area contributed by atoms with E-state index < -0.39 is 41.0 Å². The van der Waals surface area contributed by atoms with Crippen LogP contribution in [0.15, 0.2) is 30.5 Å². The largest absolute Gasteiger partial charge is 0.433 e. The Hall–Kier alpha value is -2.98. The molecule has 11 heteroatoms. The number of hydrogen-bond donors (Lipinski definition) is 2. The van der Waals surface area contributed by atoms with Crippen molar-refractivity contribution in [3.63, 3.8) is 0 Å². The van der Waals surface area contributed by atoms with Gasteiger partial charge in [0, 0.05) is 29.8 Å². The molecule has 0 aliphatic carbocycles. The highest BCUT2D eigenvalue weighted by Gasteiger charge is 2.59. The number of carbonyl (C=O) groups excluding carboxylic acids is 1. The normalized spacial score (nSPS) is 20.1. The van der Waals surface area contributed by atoms with Crippen LogP contribution in [0.2, 0.25) is 0 Å². The van der Waals surface area contributed by atoms with E-state index in [1.54, 1.807) is 0 Å². The molecule has 1 aliphatic rings. The monoisotopic (exact) mass is 418 g/mol. The van der Waals surface area contributed by atoms with Crippen molar-refractivity contribution in [2.45, 2.75) is 30.7 Å². The minimum absolute atomic E-state index is 0.0131. The van der Waals surface area contributed by atoms with Crippen molar-refractivity contribution in [1.29, 1.82) is 0 Å². The number of alkyl halides is 6. The van der Waals surface area contributed by atoms with Crippen molar-refractivity contribution in [3.8, 4) is 0 Å². The number of carbonyl (C=O) groups is 1. The summed E-state index contributed by atoms with van der Waals surface area (Å²) in [5.74, 6) is -2.43. The molecule has 1 aliphatic heterocycles. The highest BCUT2D eigenvalue weighted by Crippen LogP contribution is 2.49. The number of aryl methyl sites for hydroxylation is 1. The maximum absolute atomic E-state index is 14.2. The van der Waals surface area contributed by atoms with E-state index in [1.165, 1.54) is 18.2 Å². The molecule has 0 radical (unpaired) electrons. The predicted octanol–water partition coefficient (Wildman–Crippen LogP) is 4.08. The molecular formula is C18H16F6N4O. The Labute approximate surface area is 161 Å². The maximum atomic E-state index is 14.2. The van der Waals surface area contributed by atoms with Crippen LogP contribution in [0.25, 0.3) is 6.08 Å². The SMILES string of the molecule is CC(c1cnn(C)c1C(F)(F)F)C1(C(F)(F)F)C=Cc2cc(C(N)=O)ccc2N1. The Balaban J connectivity index is 2.14. The first-order chi connectivity index (χ1) is 13.3. The molecule has 0 fully saturated rings. The van der Waals surface area contributed by atoms with Gasteiger partial charge in [-0.1, -0.05) is 13.0 Å². The van der Waals surface area contributed by atoms with Crippen LogP contribution >= 0.6 is 0 Å². The fourth-order valence-electron chi connectivity index (χ4n) is 3.48. The van der Waals surface area contributed by atoms with Crippen LogP contribution in [0.4, 0.5) is 32.0 Å². The summed E-state index contributed by atoms with van der Waals surface area (Å²) in [6, 6.07) is 3.78. The lowest BCUT2D eigenvalue weighted by Crippen LogP contribution is -2.55. The maximum Gasteiger partial charge on any atom is 0.433 e. The number of hydrogen-bond acceptors (Lipinski definition) is 3. The second kappa shape index (κ2) is 6.53. The van der Waals surface area contributed by atoms with Crippen LogP contribution in [-0.4, -0.2) is 27.4 Å². The first kappa shape index (κ1) is 20.7. The second-order valence-electron chi connectivity index (χ2n) is 6.78. The molecule has 1 amide bonds. The average Bonchev–Trinajstić information content (AvgIpc) is 3.00. The average molecular weight is 418 g/mol. The fraction of sp³-hybridized carbons (Fsp3) is 0.333. The lowest BCUT2D eigenvalue weighted by molar-refractivity contribution is -0.171. The van der Waals surface area contributed by atoms with Crippen molar-refractivity contribution < 1.29 is 31.1 Å². The van der Waals surface area contributed by atoms with Crippen LogP contribution in [0.3, 0.4) is 0 Å². The third-order valence-corrected chi connectivity index (χ3v) is 5.06. The molecule has 2 atom stereocenters. The van der Waals surface area contributed by atoms with Gasteiger partial charge in [-0.05, 0) is 29.8 Å². The van der Waals surface area contributed by atoms with Crippen LogP contribution in [-0.2, 0) is 13.2 Å². The number of amides is 1. The van der Waals surface area contributed by atoms with Crippen LogP contribution < -0.4 is 11.1 Å². The van der Waals surface area contributed by atoms with Crippen molar-refractivity contribution in [2.75, 3.05) is 5.32 Å². The van der Waals surface area contributed by atoms with Gasteiger partial charge in [-0.15, -0.1) is 0 Å². The third-order valence-electron chi connectivity index (χ3n) is 5.06. The van der Waals surface area contributed by atoms with Crippen molar-refractivity contribution in [2.24, 2.45) is 12.8 Å². The van der Waals surface area contributed by atoms with E-state index in [1.807, 2.05) is 0 Å². The number of nitrogens with zero attached hydrogens (tertiary/aromatic N) is 2. The lowest BCUT2D eigenvalue weighted by atomic mass is 9.77. The molecule has 0 saturated heterocycles. The second-order valence-corrected chi connectivity index (χ2v) is 6.78. The van der Waals surface area contributed by atoms with E-state index in [-0.39, 0.29) is 16.8 Å². The number of benzene rings is 1. The van der Waals surface area contributed by atoms with Gasteiger partial charge in [0.2, 0.25) is 5.91 Å². The zero-order chi connectivity index (χ0) is 21.8. The Kier molecular flexibility index (Phi) is 4.67. The summed E-state index contributed by atoms with van der Waals surface area (Å²) in [4.78, 5) is 11.3. The van der Waals surface area contributed by atoms with Gasteiger partial charge in [-0.3, -0.25) is 9.48 Å². The number of anilines is 1. The molecule has 3 N–H and O–H groups in total. The van der Waals surface area contributed by atoms with E-state index >= 15 is 0 Å². The molecule has 2 heterocycles. The Morgan fingerprint density at radius 3 is 2.45 bits per heavy atom. The van der Waals surface area contributed by atoms with Gasteiger partial charge in [0.05, 0.1) is 6.20 Å². The van der Waals surface area contributed by atoms with Gasteiger partial charge >= 0.3 is 12.4 Å². The van der Waals surface area contributed by atoms with Crippen molar-refractivity contribution in [3.05, 3.63) is 52.9 Å². The number of fused-ring (bicyclic) bond motifs is 1. The van der Waals surface area contributed by atoms with Crippen LogP contribution in [0.1, 0.15) is 40.0 Å². The summed E-state index contributed by atoms with van der Waals surface area (Å²) < 4.78 is 83.3. The lowest BCUT2D eigenvalue weighted by Gasteiger charge is -2.42. The van der Waals surface area contributed by atoms with Gasteiger partial charge in [-0.2, -0.15) is 31.4 Å². The van der Waals surface area contributed by atoms with Crippen molar-refractivity contribution in [1.82, 2.24) is 9.78 Å². The summed E-state index contributed by atoms with van der Waals surface area (Å²) >= 11 is 0. The van der Waals surface area contributed by atoms with Gasteiger partial charge in [0.25, 0.3) is 0 Å². The van der Waals surface area contributed by atoms with Crippen LogP contribution in [0.5, 0.6) is 0 Å². The standard InChI is InChI=1S/C18H16F6N4O/c1-9(12-8-26-28(2)14(12)17(19,20)21)16(18(22,23)24)6-5-10-7-11(15(25)29)3-4-13(10)27-16/h3-9,27H,1-2H3,(H2,25,29). The Morgan fingerprint density at radius 1 is 1.24 bits per heavy atom. The first-order valence-corrected chi connectivity index (χ1v) is 8.35. The molecule has 1 aromatic carbocycles. The molecule has 1 aromatic heterocycles. The highest BCUT2D eigenvalue weighted by atomic mass is 19.4. The van der Waals surface area contributed by atoms with Gasteiger partial charge in [-0.25, -0.2) is 0 Å². The molecule has 2 unspecified atom stereocenters. The summed E-state index contributed by atoms with van der Waals surface area (Å²) in [5.41, 5.74) is 0.875. The summed E-state index contributed by atoms with van der Waals surface area (Å²) in [5, 5.41) is 5.85. The molecule has 3 rings (SSSR count). The van der Waals surface area contributed by atoms with E-state index in [2.05, 4.69) is 10.4 Å². The summed E-state index contributed by atoms with van der Waals surface area (Å²) in [6.45, 7) is 1.06.